The topological polar surface area (TPSA) is 63.1 Å². The molecule has 1 aliphatic rings. The minimum atomic E-state index is -0.107. The van der Waals surface area contributed by atoms with Crippen molar-refractivity contribution < 1.29 is 4.79 Å². The Labute approximate surface area is 184 Å². The third-order valence-corrected chi connectivity index (χ3v) is 6.77. The second kappa shape index (κ2) is 8.49. The summed E-state index contributed by atoms with van der Waals surface area (Å²) in [5.74, 6) is -0.0311. The molecule has 31 heavy (non-hydrogen) atoms. The fourth-order valence-corrected chi connectivity index (χ4v) is 5.42. The number of piperidine rings is 1. The number of para-hydroxylation sites is 1. The van der Waals surface area contributed by atoms with Crippen molar-refractivity contribution in [1.29, 1.82) is 0 Å². The lowest BCUT2D eigenvalue weighted by atomic mass is 10.0. The van der Waals surface area contributed by atoms with Gasteiger partial charge in [0, 0.05) is 29.6 Å². The number of ketones is 1. The van der Waals surface area contributed by atoms with E-state index in [2.05, 4.69) is 10.6 Å². The number of anilines is 1. The third kappa shape index (κ3) is 3.80. The normalized spacial score (nSPS) is 16.3. The van der Waals surface area contributed by atoms with Crippen LogP contribution in [0, 0.1) is 0 Å². The van der Waals surface area contributed by atoms with E-state index in [1.54, 1.807) is 16.7 Å². The van der Waals surface area contributed by atoms with Gasteiger partial charge in [-0.3, -0.25) is 14.2 Å². The minimum absolute atomic E-state index is 0.0311. The molecule has 0 unspecified atom stereocenters. The molecular weight excluding hydrogens is 406 g/mol. The fraction of sp³-hybridized carbons (Fsp3) is 0.200. The summed E-state index contributed by atoms with van der Waals surface area (Å²) in [6.45, 7) is 1.88. The number of hydrogen-bond donors (Lipinski definition) is 2. The number of nitrogens with one attached hydrogen (secondary N) is 2. The quantitative estimate of drug-likeness (QED) is 0.460. The summed E-state index contributed by atoms with van der Waals surface area (Å²) >= 11 is 1.48. The zero-order chi connectivity index (χ0) is 21.2. The van der Waals surface area contributed by atoms with Gasteiger partial charge in [-0.25, -0.2) is 0 Å². The van der Waals surface area contributed by atoms with Gasteiger partial charge in [0.25, 0.3) is 5.56 Å². The van der Waals surface area contributed by atoms with Crippen LogP contribution in [0.5, 0.6) is 0 Å². The molecule has 0 bridgehead atoms. The van der Waals surface area contributed by atoms with Crippen LogP contribution in [0.25, 0.3) is 15.9 Å². The van der Waals surface area contributed by atoms with Crippen LogP contribution in [-0.4, -0.2) is 29.5 Å². The van der Waals surface area contributed by atoms with Crippen LogP contribution in [0.3, 0.4) is 0 Å². The van der Waals surface area contributed by atoms with Crippen molar-refractivity contribution in [3.63, 3.8) is 0 Å². The number of fused-ring (bicyclic) bond motifs is 1. The molecule has 3 heterocycles. The van der Waals surface area contributed by atoms with Gasteiger partial charge in [-0.15, -0.1) is 0 Å². The standard InChI is InChI=1S/C25H23N3O2S/c29-21-14-13-20-22(23(30)17-8-3-1-4-9-17)24(27-18-10-7-15-26-16-18)31-25(20)28(21)19-11-5-2-6-12-19/h1-6,8-9,11-14,18,26-27H,7,10,15-16H2/t18-/m0/s1. The summed E-state index contributed by atoms with van der Waals surface area (Å²) in [6, 6.07) is 22.5. The van der Waals surface area contributed by atoms with Gasteiger partial charge < -0.3 is 10.6 Å². The van der Waals surface area contributed by atoms with Gasteiger partial charge >= 0.3 is 0 Å². The van der Waals surface area contributed by atoms with E-state index in [0.717, 1.165) is 46.8 Å². The van der Waals surface area contributed by atoms with Gasteiger partial charge in [-0.05, 0) is 37.6 Å². The maximum atomic E-state index is 13.6. The molecule has 0 spiro atoms. The molecule has 2 aromatic carbocycles. The Balaban J connectivity index is 1.71. The Morgan fingerprint density at radius 2 is 1.74 bits per heavy atom. The third-order valence-electron chi connectivity index (χ3n) is 5.65. The molecule has 156 valence electrons. The second-order valence-electron chi connectivity index (χ2n) is 7.75. The summed E-state index contributed by atoms with van der Waals surface area (Å²) < 4.78 is 1.70. The average Bonchev–Trinajstić information content (AvgIpc) is 3.18. The number of carbonyl (C=O) groups excluding carboxylic acids is 1. The van der Waals surface area contributed by atoms with Crippen LogP contribution in [0.1, 0.15) is 28.8 Å². The van der Waals surface area contributed by atoms with E-state index in [0.29, 0.717) is 11.1 Å². The number of hydrogen-bond acceptors (Lipinski definition) is 5. The van der Waals surface area contributed by atoms with Crippen LogP contribution < -0.4 is 16.2 Å². The summed E-state index contributed by atoms with van der Waals surface area (Å²) in [7, 11) is 0. The molecule has 4 aromatic rings. The molecule has 2 N–H and O–H groups in total. The van der Waals surface area contributed by atoms with E-state index in [9.17, 15) is 9.59 Å². The van der Waals surface area contributed by atoms with Crippen LogP contribution in [-0.2, 0) is 0 Å². The van der Waals surface area contributed by atoms with E-state index in [1.807, 2.05) is 60.7 Å². The largest absolute Gasteiger partial charge is 0.372 e. The van der Waals surface area contributed by atoms with Crippen molar-refractivity contribution >= 4 is 32.3 Å². The molecule has 6 heteroatoms. The Morgan fingerprint density at radius 3 is 2.45 bits per heavy atom. The Bertz CT molecular complexity index is 1270. The van der Waals surface area contributed by atoms with Gasteiger partial charge in [0.1, 0.15) is 9.83 Å². The lowest BCUT2D eigenvalue weighted by Crippen LogP contribution is -2.38. The van der Waals surface area contributed by atoms with Crippen molar-refractivity contribution in [2.24, 2.45) is 0 Å². The van der Waals surface area contributed by atoms with E-state index < -0.39 is 0 Å². The van der Waals surface area contributed by atoms with Crippen molar-refractivity contribution in [3.8, 4) is 5.69 Å². The first kappa shape index (κ1) is 19.7. The van der Waals surface area contributed by atoms with Crippen LogP contribution >= 0.6 is 11.3 Å². The summed E-state index contributed by atoms with van der Waals surface area (Å²) in [6.07, 6.45) is 2.14. The fourth-order valence-electron chi connectivity index (χ4n) is 4.12. The molecule has 1 fully saturated rings. The van der Waals surface area contributed by atoms with Crippen molar-refractivity contribution in [2.75, 3.05) is 18.4 Å². The highest BCUT2D eigenvalue weighted by Gasteiger charge is 2.25. The lowest BCUT2D eigenvalue weighted by Gasteiger charge is -2.24. The molecule has 1 aliphatic heterocycles. The SMILES string of the molecule is O=C(c1ccccc1)c1c(N[C@H]2CCCNC2)sc2c1ccc(=O)n2-c1ccccc1. The highest BCUT2D eigenvalue weighted by atomic mass is 32.1. The Hall–Kier alpha value is -3.22. The molecule has 2 aromatic heterocycles. The van der Waals surface area contributed by atoms with Crippen molar-refractivity contribution in [3.05, 3.63) is 94.3 Å². The van der Waals surface area contributed by atoms with Crippen molar-refractivity contribution in [1.82, 2.24) is 9.88 Å². The monoisotopic (exact) mass is 429 g/mol. The first-order valence-corrected chi connectivity index (χ1v) is 11.3. The van der Waals surface area contributed by atoms with Gasteiger partial charge in [0.15, 0.2) is 5.78 Å². The van der Waals surface area contributed by atoms with Crippen LogP contribution in [0.15, 0.2) is 77.6 Å². The molecule has 1 saturated heterocycles. The van der Waals surface area contributed by atoms with Gasteiger partial charge in [0.05, 0.1) is 11.3 Å². The van der Waals surface area contributed by atoms with E-state index in [1.165, 1.54) is 11.3 Å². The molecule has 5 rings (SSSR count). The maximum Gasteiger partial charge on any atom is 0.256 e. The zero-order valence-electron chi connectivity index (χ0n) is 17.0. The van der Waals surface area contributed by atoms with Gasteiger partial charge in [0.2, 0.25) is 0 Å². The molecule has 1 atom stereocenters. The van der Waals surface area contributed by atoms with Gasteiger partial charge in [-0.1, -0.05) is 59.9 Å². The lowest BCUT2D eigenvalue weighted by molar-refractivity contribution is 0.104. The average molecular weight is 430 g/mol. The molecule has 0 saturated carbocycles. The minimum Gasteiger partial charge on any atom is -0.372 e. The number of aromatic nitrogens is 1. The molecule has 5 nitrogen and oxygen atoms in total. The molecule has 0 radical (unpaired) electrons. The number of rotatable bonds is 5. The number of benzene rings is 2. The summed E-state index contributed by atoms with van der Waals surface area (Å²) in [5.41, 5.74) is 1.97. The first-order valence-electron chi connectivity index (χ1n) is 10.5. The predicted molar refractivity (Wildman–Crippen MR) is 127 cm³/mol. The highest BCUT2D eigenvalue weighted by Crippen LogP contribution is 2.38. The number of carbonyl (C=O) groups is 1. The number of pyridine rings is 1. The van der Waals surface area contributed by atoms with Crippen molar-refractivity contribution in [2.45, 2.75) is 18.9 Å². The van der Waals surface area contributed by atoms with Crippen LogP contribution in [0.4, 0.5) is 5.00 Å². The summed E-state index contributed by atoms with van der Waals surface area (Å²) in [5, 5.41) is 8.65. The predicted octanol–water partition coefficient (Wildman–Crippen LogP) is 4.45. The highest BCUT2D eigenvalue weighted by molar-refractivity contribution is 7.23. The Morgan fingerprint density at radius 1 is 1.00 bits per heavy atom. The number of nitrogens with zero attached hydrogens (tertiary/aromatic N) is 1. The zero-order valence-corrected chi connectivity index (χ0v) is 17.8. The second-order valence-corrected chi connectivity index (χ2v) is 8.75. The van der Waals surface area contributed by atoms with E-state index in [4.69, 9.17) is 0 Å². The van der Waals surface area contributed by atoms with E-state index >= 15 is 0 Å². The van der Waals surface area contributed by atoms with Crippen LogP contribution in [0.2, 0.25) is 0 Å². The van der Waals surface area contributed by atoms with E-state index in [-0.39, 0.29) is 17.4 Å². The maximum absolute atomic E-state index is 13.6. The Kier molecular flexibility index (Phi) is 5.40. The summed E-state index contributed by atoms with van der Waals surface area (Å²) in [4.78, 5) is 27.2. The number of thiophene rings is 1. The molecular formula is C25H23N3O2S. The molecule has 0 aliphatic carbocycles. The smallest absolute Gasteiger partial charge is 0.256 e. The molecule has 0 amide bonds. The first-order chi connectivity index (χ1) is 15.2. The van der Waals surface area contributed by atoms with Gasteiger partial charge in [-0.2, -0.15) is 0 Å².